The Morgan fingerprint density at radius 3 is 1.94 bits per heavy atom. The highest BCUT2D eigenvalue weighted by Gasteiger charge is 2.29. The average Bonchev–Trinajstić information content (AvgIpc) is 2.88. The molecular weight excluding hydrogens is 465 g/mol. The van der Waals surface area contributed by atoms with Crippen LogP contribution in [0.25, 0.3) is 0 Å². The number of unbranched alkanes of at least 4 members (excludes halogenated alkanes) is 7. The summed E-state index contributed by atoms with van der Waals surface area (Å²) in [5, 5.41) is 0. The Hall–Kier alpha value is -1.56. The summed E-state index contributed by atoms with van der Waals surface area (Å²) >= 11 is 0. The fourth-order valence-corrected chi connectivity index (χ4v) is 5.78. The zero-order chi connectivity index (χ0) is 25.8. The predicted molar refractivity (Wildman–Crippen MR) is 136 cm³/mol. The Labute approximate surface area is 215 Å². The first-order valence-corrected chi connectivity index (χ1v) is 14.4. The first-order chi connectivity index (χ1) is 17.5. The van der Waals surface area contributed by atoms with Crippen LogP contribution < -0.4 is 4.74 Å². The van der Waals surface area contributed by atoms with Crippen molar-refractivity contribution in [2.24, 2.45) is 17.8 Å². The van der Waals surface area contributed by atoms with E-state index >= 15 is 0 Å². The minimum Gasteiger partial charge on any atom is -0.426 e. The molecule has 0 saturated heterocycles. The van der Waals surface area contributed by atoms with Crippen LogP contribution in [0.15, 0.2) is 12.1 Å². The van der Waals surface area contributed by atoms with E-state index in [0.29, 0.717) is 30.9 Å². The number of esters is 1. The van der Waals surface area contributed by atoms with Crippen molar-refractivity contribution in [1.82, 2.24) is 0 Å². The summed E-state index contributed by atoms with van der Waals surface area (Å²) in [6, 6.07) is 1.41. The number of rotatable bonds is 14. The first-order valence-electron chi connectivity index (χ1n) is 14.4. The molecule has 0 unspecified atom stereocenters. The molecule has 1 aromatic rings. The first kappa shape index (κ1) is 29.0. The lowest BCUT2D eigenvalue weighted by Gasteiger charge is -2.31. The Morgan fingerprint density at radius 2 is 1.33 bits per heavy atom. The SMILES string of the molecule is CCCCCCCCCCC1CCC(COC2CCC(C(=O)Oc3cc(F)c(F)c(F)c3)CC2)CC1. The van der Waals surface area contributed by atoms with Crippen molar-refractivity contribution in [2.75, 3.05) is 6.61 Å². The summed E-state index contributed by atoms with van der Waals surface area (Å²) in [6.45, 7) is 3.07. The van der Waals surface area contributed by atoms with E-state index in [-0.39, 0.29) is 17.8 Å². The molecule has 0 amide bonds. The van der Waals surface area contributed by atoms with Gasteiger partial charge >= 0.3 is 5.97 Å². The Morgan fingerprint density at radius 1 is 0.778 bits per heavy atom. The third-order valence-electron chi connectivity index (χ3n) is 8.18. The average molecular weight is 511 g/mol. The molecule has 36 heavy (non-hydrogen) atoms. The monoisotopic (exact) mass is 510 g/mol. The van der Waals surface area contributed by atoms with Crippen LogP contribution in [0.5, 0.6) is 5.75 Å². The Kier molecular flexibility index (Phi) is 12.6. The van der Waals surface area contributed by atoms with Crippen molar-refractivity contribution < 1.29 is 27.4 Å². The zero-order valence-corrected chi connectivity index (χ0v) is 22.1. The molecule has 0 atom stereocenters. The second-order valence-corrected chi connectivity index (χ2v) is 11.1. The van der Waals surface area contributed by atoms with Gasteiger partial charge in [0.15, 0.2) is 17.5 Å². The van der Waals surface area contributed by atoms with Crippen molar-refractivity contribution in [3.8, 4) is 5.75 Å². The van der Waals surface area contributed by atoms with Crippen LogP contribution in [0, 0.1) is 35.2 Å². The molecule has 0 bridgehead atoms. The summed E-state index contributed by atoms with van der Waals surface area (Å²) < 4.78 is 51.1. The van der Waals surface area contributed by atoms with Gasteiger partial charge in [-0.05, 0) is 50.4 Å². The topological polar surface area (TPSA) is 35.5 Å². The number of hydrogen-bond acceptors (Lipinski definition) is 3. The van der Waals surface area contributed by atoms with Gasteiger partial charge in [0.05, 0.1) is 12.0 Å². The van der Waals surface area contributed by atoms with Crippen LogP contribution in [-0.4, -0.2) is 18.7 Å². The van der Waals surface area contributed by atoms with E-state index in [0.717, 1.165) is 25.4 Å². The van der Waals surface area contributed by atoms with Gasteiger partial charge in [-0.3, -0.25) is 4.79 Å². The van der Waals surface area contributed by atoms with Crippen molar-refractivity contribution in [3.63, 3.8) is 0 Å². The van der Waals surface area contributed by atoms with E-state index in [1.807, 2.05) is 0 Å². The van der Waals surface area contributed by atoms with E-state index in [4.69, 9.17) is 9.47 Å². The summed E-state index contributed by atoms with van der Waals surface area (Å²) in [6.07, 6.45) is 20.6. The highest BCUT2D eigenvalue weighted by molar-refractivity contribution is 5.75. The van der Waals surface area contributed by atoms with Gasteiger partial charge in [-0.2, -0.15) is 0 Å². The lowest BCUT2D eigenvalue weighted by Crippen LogP contribution is -2.30. The smallest absolute Gasteiger partial charge is 0.314 e. The predicted octanol–water partition coefficient (Wildman–Crippen LogP) is 8.92. The molecule has 0 aromatic heterocycles. The van der Waals surface area contributed by atoms with Gasteiger partial charge in [0.2, 0.25) is 0 Å². The van der Waals surface area contributed by atoms with Gasteiger partial charge in [-0.25, -0.2) is 13.2 Å². The standard InChI is InChI=1S/C30H45F3O3/c1-2-3-4-5-6-7-8-9-10-22-11-13-23(14-12-22)21-35-25-17-15-24(16-18-25)30(34)36-26-19-27(31)29(33)28(32)20-26/h19-20,22-25H,2-18,21H2,1H3. The molecule has 3 rings (SSSR count). The molecule has 2 aliphatic carbocycles. The lowest BCUT2D eigenvalue weighted by molar-refractivity contribution is -0.141. The van der Waals surface area contributed by atoms with Crippen LogP contribution in [0.3, 0.4) is 0 Å². The summed E-state index contributed by atoms with van der Waals surface area (Å²) in [5.74, 6) is -3.90. The third kappa shape index (κ3) is 9.72. The number of benzene rings is 1. The van der Waals surface area contributed by atoms with Gasteiger partial charge in [-0.1, -0.05) is 77.6 Å². The van der Waals surface area contributed by atoms with Gasteiger partial charge in [0.1, 0.15) is 5.75 Å². The van der Waals surface area contributed by atoms with Crippen molar-refractivity contribution >= 4 is 5.97 Å². The molecule has 0 heterocycles. The molecule has 6 heteroatoms. The molecule has 2 fully saturated rings. The highest BCUT2D eigenvalue weighted by atomic mass is 19.2. The maximum atomic E-state index is 13.3. The number of hydrogen-bond donors (Lipinski definition) is 0. The van der Waals surface area contributed by atoms with Crippen LogP contribution >= 0.6 is 0 Å². The van der Waals surface area contributed by atoms with Gasteiger partial charge < -0.3 is 9.47 Å². The summed E-state index contributed by atoms with van der Waals surface area (Å²) in [4.78, 5) is 12.4. The van der Waals surface area contributed by atoms with Crippen LogP contribution in [0.4, 0.5) is 13.2 Å². The molecule has 0 radical (unpaired) electrons. The number of carbonyl (C=O) groups excluding carboxylic acids is 1. The normalized spacial score (nSPS) is 24.6. The minimum absolute atomic E-state index is 0.157. The van der Waals surface area contributed by atoms with E-state index in [9.17, 15) is 18.0 Å². The highest BCUT2D eigenvalue weighted by Crippen LogP contribution is 2.34. The molecule has 1 aromatic carbocycles. The van der Waals surface area contributed by atoms with Crippen molar-refractivity contribution in [2.45, 2.75) is 122 Å². The Bertz CT molecular complexity index is 761. The van der Waals surface area contributed by atoms with E-state index in [1.165, 1.54) is 83.5 Å². The third-order valence-corrected chi connectivity index (χ3v) is 8.18. The fraction of sp³-hybridized carbons (Fsp3) is 0.767. The lowest BCUT2D eigenvalue weighted by atomic mass is 9.80. The fourth-order valence-electron chi connectivity index (χ4n) is 5.78. The van der Waals surface area contributed by atoms with E-state index in [2.05, 4.69) is 6.92 Å². The molecule has 3 nitrogen and oxygen atoms in total. The largest absolute Gasteiger partial charge is 0.426 e. The Balaban J connectivity index is 1.23. The van der Waals surface area contributed by atoms with Crippen LogP contribution in [0.1, 0.15) is 116 Å². The molecule has 0 aliphatic heterocycles. The second kappa shape index (κ2) is 15.6. The molecule has 2 aliphatic rings. The molecule has 0 spiro atoms. The number of ether oxygens (including phenoxy) is 2. The molecule has 204 valence electrons. The maximum Gasteiger partial charge on any atom is 0.314 e. The molecule has 2 saturated carbocycles. The van der Waals surface area contributed by atoms with Crippen LogP contribution in [0.2, 0.25) is 0 Å². The maximum absolute atomic E-state index is 13.3. The molecule has 0 N–H and O–H groups in total. The number of carbonyl (C=O) groups is 1. The molecular formula is C30H45F3O3. The van der Waals surface area contributed by atoms with Gasteiger partial charge in [0, 0.05) is 18.7 Å². The van der Waals surface area contributed by atoms with Crippen LogP contribution in [-0.2, 0) is 9.53 Å². The van der Waals surface area contributed by atoms with Gasteiger partial charge in [-0.15, -0.1) is 0 Å². The summed E-state index contributed by atoms with van der Waals surface area (Å²) in [7, 11) is 0. The minimum atomic E-state index is -1.57. The summed E-state index contributed by atoms with van der Waals surface area (Å²) in [5.41, 5.74) is 0. The van der Waals surface area contributed by atoms with Crippen molar-refractivity contribution in [3.05, 3.63) is 29.6 Å². The second-order valence-electron chi connectivity index (χ2n) is 11.1. The quantitative estimate of drug-likeness (QED) is 0.108. The number of halogens is 3. The van der Waals surface area contributed by atoms with E-state index < -0.39 is 23.4 Å². The van der Waals surface area contributed by atoms with Crippen molar-refractivity contribution in [1.29, 1.82) is 0 Å². The van der Waals surface area contributed by atoms with E-state index in [1.54, 1.807) is 0 Å². The zero-order valence-electron chi connectivity index (χ0n) is 22.1. The van der Waals surface area contributed by atoms with Gasteiger partial charge in [0.25, 0.3) is 0 Å².